The summed E-state index contributed by atoms with van der Waals surface area (Å²) in [6, 6.07) is 5.53. The topological polar surface area (TPSA) is 42.3 Å². The average Bonchev–Trinajstić information content (AvgIpc) is 3.12. The molecule has 0 aliphatic carbocycles. The number of carbonyl (C=O) groups is 2. The maximum absolute atomic E-state index is 13.3. The molecule has 0 spiro atoms. The van der Waals surface area contributed by atoms with Gasteiger partial charge in [0, 0.05) is 55.1 Å². The molecule has 0 atom stereocenters. The molecule has 3 aromatic rings. The Morgan fingerprint density at radius 2 is 1.86 bits per heavy atom. The van der Waals surface area contributed by atoms with Crippen LogP contribution >= 0.6 is 23.2 Å². The van der Waals surface area contributed by atoms with Crippen molar-refractivity contribution in [1.82, 2.24) is 9.47 Å². The van der Waals surface area contributed by atoms with Crippen molar-refractivity contribution in [2.75, 3.05) is 13.1 Å². The fourth-order valence-electron chi connectivity index (χ4n) is 4.92. The molecule has 0 saturated carbocycles. The molecule has 35 heavy (non-hydrogen) atoms. The van der Waals surface area contributed by atoms with E-state index in [1.54, 1.807) is 41.8 Å². The fraction of sp³-hybridized carbons (Fsp3) is 0.385. The van der Waals surface area contributed by atoms with Crippen LogP contribution in [0.1, 0.15) is 51.9 Å². The van der Waals surface area contributed by atoms with Gasteiger partial charge in [-0.3, -0.25) is 4.79 Å². The van der Waals surface area contributed by atoms with Crippen LogP contribution in [0.3, 0.4) is 0 Å². The molecule has 1 aliphatic heterocycles. The van der Waals surface area contributed by atoms with E-state index in [1.165, 1.54) is 0 Å². The van der Waals surface area contributed by atoms with Crippen molar-refractivity contribution in [3.8, 4) is 0 Å². The van der Waals surface area contributed by atoms with Gasteiger partial charge in [0.25, 0.3) is 5.91 Å². The van der Waals surface area contributed by atoms with E-state index in [1.807, 2.05) is 0 Å². The molecule has 4 nitrogen and oxygen atoms in total. The van der Waals surface area contributed by atoms with Crippen LogP contribution in [0, 0.1) is 12.8 Å². The summed E-state index contributed by atoms with van der Waals surface area (Å²) in [7, 11) is 1.70. The predicted molar refractivity (Wildman–Crippen MR) is 131 cm³/mol. The largest absolute Gasteiger partial charge is 0.416 e. The number of benzene rings is 2. The van der Waals surface area contributed by atoms with E-state index in [4.69, 9.17) is 23.2 Å². The van der Waals surface area contributed by atoms with Gasteiger partial charge in [0.05, 0.1) is 16.1 Å². The minimum Gasteiger partial charge on any atom is -0.350 e. The lowest BCUT2D eigenvalue weighted by molar-refractivity contribution is -0.137. The normalized spacial score (nSPS) is 15.1. The fourth-order valence-corrected chi connectivity index (χ4v) is 5.51. The van der Waals surface area contributed by atoms with Crippen LogP contribution in [0.15, 0.2) is 30.5 Å². The highest BCUT2D eigenvalue weighted by Gasteiger charge is 2.32. The van der Waals surface area contributed by atoms with Crippen LogP contribution in [0.25, 0.3) is 10.9 Å². The number of amides is 1. The molecule has 1 aromatic heterocycles. The summed E-state index contributed by atoms with van der Waals surface area (Å²) < 4.78 is 41.6. The van der Waals surface area contributed by atoms with Crippen LogP contribution in [0.5, 0.6) is 0 Å². The standard InChI is InChI=1S/C26H25Cl2F3N2O2/c1-15-11-18(26(29,30)31)13-22-23(15)17(14-32(22)2)12-20-21(27)4-3-19(24(20)28)25(35)33-8-5-16(6-9-33)7-10-34/h3-4,10-11,13-14,16H,5-9,12H2,1-2H3. The minimum absolute atomic E-state index is 0.193. The number of likely N-dealkylation sites (tertiary alicyclic amines) is 1. The summed E-state index contributed by atoms with van der Waals surface area (Å²) in [6.45, 7) is 2.75. The summed E-state index contributed by atoms with van der Waals surface area (Å²) in [5.74, 6) is 0.0988. The molecule has 1 aliphatic rings. The number of piperidine rings is 1. The minimum atomic E-state index is -4.44. The number of aldehydes is 1. The maximum atomic E-state index is 13.3. The van der Waals surface area contributed by atoms with Crippen molar-refractivity contribution in [2.45, 2.75) is 38.8 Å². The molecular formula is C26H25Cl2F3N2O2. The van der Waals surface area contributed by atoms with Crippen molar-refractivity contribution < 1.29 is 22.8 Å². The zero-order chi connectivity index (χ0) is 25.5. The Balaban J connectivity index is 1.66. The van der Waals surface area contributed by atoms with Gasteiger partial charge in [0.15, 0.2) is 0 Å². The summed E-state index contributed by atoms with van der Waals surface area (Å²) >= 11 is 13.2. The third-order valence-corrected chi connectivity index (χ3v) is 7.59. The average molecular weight is 525 g/mol. The van der Waals surface area contributed by atoms with E-state index in [0.717, 1.165) is 36.8 Å². The van der Waals surface area contributed by atoms with Crippen molar-refractivity contribution in [2.24, 2.45) is 13.0 Å². The predicted octanol–water partition coefficient (Wildman–Crippen LogP) is 6.84. The Kier molecular flexibility index (Phi) is 7.21. The number of fused-ring (bicyclic) bond motifs is 1. The molecule has 2 aromatic carbocycles. The first-order valence-electron chi connectivity index (χ1n) is 11.4. The number of aromatic nitrogens is 1. The van der Waals surface area contributed by atoms with E-state index in [2.05, 4.69) is 0 Å². The summed E-state index contributed by atoms with van der Waals surface area (Å²) in [5, 5.41) is 1.35. The van der Waals surface area contributed by atoms with Gasteiger partial charge in [0.2, 0.25) is 0 Å². The van der Waals surface area contributed by atoms with Crippen LogP contribution in [-0.4, -0.2) is 34.7 Å². The van der Waals surface area contributed by atoms with Gasteiger partial charge < -0.3 is 14.3 Å². The third-order valence-electron chi connectivity index (χ3n) is 6.81. The third kappa shape index (κ3) is 5.07. The van der Waals surface area contributed by atoms with Crippen molar-refractivity contribution in [3.63, 3.8) is 0 Å². The number of carbonyl (C=O) groups excluding carboxylic acids is 2. The molecular weight excluding hydrogens is 500 g/mol. The summed E-state index contributed by atoms with van der Waals surface area (Å²) in [6.07, 6.45) is 0.550. The second kappa shape index (κ2) is 9.86. The van der Waals surface area contributed by atoms with Gasteiger partial charge in [-0.15, -0.1) is 0 Å². The second-order valence-corrected chi connectivity index (χ2v) is 9.94. The highest BCUT2D eigenvalue weighted by molar-refractivity contribution is 6.38. The number of hydrogen-bond donors (Lipinski definition) is 0. The number of aryl methyl sites for hydroxylation is 2. The smallest absolute Gasteiger partial charge is 0.350 e. The molecule has 2 heterocycles. The Labute approximate surface area is 211 Å². The first-order valence-corrected chi connectivity index (χ1v) is 12.1. The van der Waals surface area contributed by atoms with Gasteiger partial charge in [-0.1, -0.05) is 23.2 Å². The number of alkyl halides is 3. The number of halogens is 5. The highest BCUT2D eigenvalue weighted by atomic mass is 35.5. The first-order chi connectivity index (χ1) is 16.5. The van der Waals surface area contributed by atoms with E-state index in [-0.39, 0.29) is 17.4 Å². The molecule has 0 N–H and O–H groups in total. The maximum Gasteiger partial charge on any atom is 0.416 e. The molecule has 1 fully saturated rings. The summed E-state index contributed by atoms with van der Waals surface area (Å²) in [5.41, 5.74) is 1.94. The van der Waals surface area contributed by atoms with Gasteiger partial charge in [0.1, 0.15) is 6.29 Å². The van der Waals surface area contributed by atoms with Gasteiger partial charge in [-0.25, -0.2) is 0 Å². The zero-order valence-corrected chi connectivity index (χ0v) is 20.9. The van der Waals surface area contributed by atoms with Crippen LogP contribution in [0.4, 0.5) is 13.2 Å². The quantitative estimate of drug-likeness (QED) is 0.342. The van der Waals surface area contributed by atoms with E-state index in [0.29, 0.717) is 58.0 Å². The zero-order valence-electron chi connectivity index (χ0n) is 19.4. The number of hydrogen-bond acceptors (Lipinski definition) is 2. The van der Waals surface area contributed by atoms with E-state index >= 15 is 0 Å². The lowest BCUT2D eigenvalue weighted by Crippen LogP contribution is -2.38. The van der Waals surface area contributed by atoms with Crippen molar-refractivity contribution >= 4 is 46.3 Å². The van der Waals surface area contributed by atoms with Crippen molar-refractivity contribution in [1.29, 1.82) is 0 Å². The number of nitrogens with zero attached hydrogens (tertiary/aromatic N) is 2. The molecule has 1 saturated heterocycles. The second-order valence-electron chi connectivity index (χ2n) is 9.15. The Morgan fingerprint density at radius 3 is 2.49 bits per heavy atom. The van der Waals surface area contributed by atoms with Crippen molar-refractivity contribution in [3.05, 3.63) is 68.3 Å². The molecule has 9 heteroatoms. The van der Waals surface area contributed by atoms with Crippen LogP contribution in [0.2, 0.25) is 10.0 Å². The van der Waals surface area contributed by atoms with Crippen LogP contribution < -0.4 is 0 Å². The molecule has 0 bridgehead atoms. The van der Waals surface area contributed by atoms with E-state index < -0.39 is 11.7 Å². The first kappa shape index (κ1) is 25.6. The van der Waals surface area contributed by atoms with Crippen LogP contribution in [-0.2, 0) is 24.4 Å². The highest BCUT2D eigenvalue weighted by Crippen LogP contribution is 2.37. The molecule has 186 valence electrons. The SMILES string of the molecule is Cc1cc(C(F)(F)F)cc2c1c(Cc1c(Cl)ccc(C(=O)N3CCC(CC=O)CC3)c1Cl)cn2C. The summed E-state index contributed by atoms with van der Waals surface area (Å²) in [4.78, 5) is 25.7. The van der Waals surface area contributed by atoms with Gasteiger partial charge in [-0.2, -0.15) is 13.2 Å². The van der Waals surface area contributed by atoms with Gasteiger partial charge in [-0.05, 0) is 66.6 Å². The Hall–Kier alpha value is -2.51. The van der Waals surface area contributed by atoms with E-state index in [9.17, 15) is 22.8 Å². The molecule has 0 radical (unpaired) electrons. The molecule has 1 amide bonds. The van der Waals surface area contributed by atoms with Gasteiger partial charge >= 0.3 is 6.18 Å². The Bertz CT molecular complexity index is 1290. The molecule has 4 rings (SSSR count). The molecule has 0 unspecified atom stereocenters. The lowest BCUT2D eigenvalue weighted by Gasteiger charge is -2.31. The lowest BCUT2D eigenvalue weighted by atomic mass is 9.93. The number of rotatable bonds is 5. The Morgan fingerprint density at radius 1 is 1.17 bits per heavy atom. The monoisotopic (exact) mass is 524 g/mol.